The highest BCUT2D eigenvalue weighted by Crippen LogP contribution is 2.28. The maximum atomic E-state index is 9.30. The van der Waals surface area contributed by atoms with Crippen molar-refractivity contribution in [3.05, 3.63) is 24.0 Å². The van der Waals surface area contributed by atoms with Gasteiger partial charge in [-0.1, -0.05) is 12.8 Å². The van der Waals surface area contributed by atoms with Crippen LogP contribution in [-0.4, -0.2) is 71.2 Å². The molecule has 0 unspecified atom stereocenters. The fraction of sp³-hybridized carbons (Fsp3) is 0.625. The van der Waals surface area contributed by atoms with E-state index >= 15 is 0 Å². The number of fused-ring (bicyclic) bond motifs is 1. The Morgan fingerprint density at radius 2 is 1.94 bits per heavy atom. The lowest BCUT2D eigenvalue weighted by atomic mass is 10.2. The van der Waals surface area contributed by atoms with Gasteiger partial charge in [0.05, 0.1) is 12.1 Å². The topological polar surface area (TPSA) is 77.3 Å². The van der Waals surface area contributed by atoms with Gasteiger partial charge in [0.25, 0.3) is 0 Å². The number of aromatic nitrogens is 2. The molecule has 2 heterocycles. The third kappa shape index (κ3) is 5.63. The summed E-state index contributed by atoms with van der Waals surface area (Å²) in [5.74, 6) is 1.79. The zero-order chi connectivity index (χ0) is 21.6. The minimum Gasteiger partial charge on any atom is -0.494 e. The Bertz CT molecular complexity index is 910. The summed E-state index contributed by atoms with van der Waals surface area (Å²) in [6, 6.07) is 9.02. The van der Waals surface area contributed by atoms with Gasteiger partial charge in [-0.05, 0) is 51.3 Å². The van der Waals surface area contributed by atoms with E-state index in [0.29, 0.717) is 18.7 Å². The third-order valence-electron chi connectivity index (χ3n) is 6.49. The number of hydrogen-bond acceptors (Lipinski definition) is 7. The molecule has 7 heteroatoms. The van der Waals surface area contributed by atoms with Crippen LogP contribution in [0.2, 0.25) is 0 Å². The first kappa shape index (κ1) is 21.8. The summed E-state index contributed by atoms with van der Waals surface area (Å²) in [6.07, 6.45) is 5.79. The number of nitriles is 1. The normalized spacial score (nSPS) is 18.5. The molecule has 0 radical (unpaired) electrons. The summed E-state index contributed by atoms with van der Waals surface area (Å²) < 4.78 is 6.06. The molecule has 1 aliphatic carbocycles. The summed E-state index contributed by atoms with van der Waals surface area (Å²) >= 11 is 0. The molecule has 4 rings (SSSR count). The fourth-order valence-electron chi connectivity index (χ4n) is 4.60. The quantitative estimate of drug-likeness (QED) is 0.651. The third-order valence-corrected chi connectivity index (χ3v) is 6.49. The van der Waals surface area contributed by atoms with Crippen LogP contribution in [0.5, 0.6) is 5.75 Å². The molecule has 166 valence electrons. The van der Waals surface area contributed by atoms with Crippen LogP contribution in [0.25, 0.3) is 10.9 Å². The largest absolute Gasteiger partial charge is 0.494 e. The van der Waals surface area contributed by atoms with Gasteiger partial charge in [-0.25, -0.2) is 9.97 Å². The zero-order valence-corrected chi connectivity index (χ0v) is 18.8. The summed E-state index contributed by atoms with van der Waals surface area (Å²) in [5.41, 5.74) is 0.780. The SMILES string of the molecule is CC(C)N1CCN(CCCOc2ccc3nc(C#N)nc(NC4CCCC4)c3c2)CC1. The second-order valence-corrected chi connectivity index (χ2v) is 8.99. The van der Waals surface area contributed by atoms with Gasteiger partial charge in [0.2, 0.25) is 5.82 Å². The molecule has 0 amide bonds. The molecular formula is C24H34N6O. The van der Waals surface area contributed by atoms with Crippen LogP contribution in [0.1, 0.15) is 51.8 Å². The van der Waals surface area contributed by atoms with Crippen LogP contribution in [0.15, 0.2) is 18.2 Å². The van der Waals surface area contributed by atoms with E-state index in [1.165, 1.54) is 12.8 Å². The molecule has 2 aromatic rings. The molecule has 2 fully saturated rings. The van der Waals surface area contributed by atoms with Crippen molar-refractivity contribution in [2.45, 2.75) is 58.0 Å². The molecule has 0 atom stereocenters. The van der Waals surface area contributed by atoms with Crippen LogP contribution in [0.4, 0.5) is 5.82 Å². The van der Waals surface area contributed by atoms with Crippen LogP contribution in [0, 0.1) is 11.3 Å². The van der Waals surface area contributed by atoms with E-state index in [-0.39, 0.29) is 5.82 Å². The van der Waals surface area contributed by atoms with Crippen molar-refractivity contribution in [2.24, 2.45) is 0 Å². The average molecular weight is 423 g/mol. The van der Waals surface area contributed by atoms with E-state index in [1.807, 2.05) is 18.2 Å². The molecule has 1 N–H and O–H groups in total. The molecule has 1 saturated carbocycles. The Kier molecular flexibility index (Phi) is 7.21. The smallest absolute Gasteiger partial charge is 0.234 e. The summed E-state index contributed by atoms with van der Waals surface area (Å²) in [6.45, 7) is 10.9. The molecule has 1 aromatic heterocycles. The lowest BCUT2D eigenvalue weighted by Gasteiger charge is -2.36. The monoisotopic (exact) mass is 422 g/mol. The lowest BCUT2D eigenvalue weighted by molar-refractivity contribution is 0.104. The molecule has 1 saturated heterocycles. The highest BCUT2D eigenvalue weighted by molar-refractivity contribution is 5.90. The van der Waals surface area contributed by atoms with Crippen molar-refractivity contribution in [3.63, 3.8) is 0 Å². The average Bonchev–Trinajstić information content (AvgIpc) is 3.30. The van der Waals surface area contributed by atoms with Gasteiger partial charge in [-0.15, -0.1) is 0 Å². The molecule has 31 heavy (non-hydrogen) atoms. The zero-order valence-electron chi connectivity index (χ0n) is 18.8. The Morgan fingerprint density at radius 3 is 2.65 bits per heavy atom. The Balaban J connectivity index is 1.34. The molecule has 2 aliphatic rings. The van der Waals surface area contributed by atoms with Crippen LogP contribution >= 0.6 is 0 Å². The first-order valence-electron chi connectivity index (χ1n) is 11.7. The summed E-state index contributed by atoms with van der Waals surface area (Å²) in [4.78, 5) is 13.9. The van der Waals surface area contributed by atoms with Crippen molar-refractivity contribution in [2.75, 3.05) is 44.6 Å². The molecule has 7 nitrogen and oxygen atoms in total. The predicted octanol–water partition coefficient (Wildman–Crippen LogP) is 3.65. The maximum absolute atomic E-state index is 9.30. The second-order valence-electron chi connectivity index (χ2n) is 8.99. The number of nitrogens with zero attached hydrogens (tertiary/aromatic N) is 5. The van der Waals surface area contributed by atoms with Gasteiger partial charge in [0, 0.05) is 50.2 Å². The molecule has 1 aliphatic heterocycles. The summed E-state index contributed by atoms with van der Waals surface area (Å²) in [5, 5.41) is 13.8. The van der Waals surface area contributed by atoms with E-state index in [0.717, 1.165) is 74.5 Å². The Labute approximate surface area is 185 Å². The number of piperazine rings is 1. The second kappa shape index (κ2) is 10.3. The van der Waals surface area contributed by atoms with E-state index in [4.69, 9.17) is 4.74 Å². The van der Waals surface area contributed by atoms with E-state index < -0.39 is 0 Å². The number of benzene rings is 1. The van der Waals surface area contributed by atoms with Crippen molar-refractivity contribution < 1.29 is 4.74 Å². The van der Waals surface area contributed by atoms with Crippen molar-refractivity contribution in [3.8, 4) is 11.8 Å². The Hall–Kier alpha value is -2.43. The van der Waals surface area contributed by atoms with Gasteiger partial charge < -0.3 is 15.0 Å². The van der Waals surface area contributed by atoms with Gasteiger partial charge in [0.1, 0.15) is 17.6 Å². The van der Waals surface area contributed by atoms with Crippen LogP contribution in [0.3, 0.4) is 0 Å². The predicted molar refractivity (Wildman–Crippen MR) is 123 cm³/mol. The molecule has 0 spiro atoms. The van der Waals surface area contributed by atoms with Crippen molar-refractivity contribution >= 4 is 16.7 Å². The van der Waals surface area contributed by atoms with E-state index in [2.05, 4.69) is 45.0 Å². The fourth-order valence-corrected chi connectivity index (χ4v) is 4.60. The molecule has 1 aromatic carbocycles. The van der Waals surface area contributed by atoms with E-state index in [9.17, 15) is 5.26 Å². The minimum atomic E-state index is 0.208. The minimum absolute atomic E-state index is 0.208. The maximum Gasteiger partial charge on any atom is 0.234 e. The molecule has 0 bridgehead atoms. The van der Waals surface area contributed by atoms with Gasteiger partial charge in [-0.3, -0.25) is 4.90 Å². The Morgan fingerprint density at radius 1 is 1.16 bits per heavy atom. The van der Waals surface area contributed by atoms with E-state index in [1.54, 1.807) is 0 Å². The number of ether oxygens (including phenoxy) is 1. The van der Waals surface area contributed by atoms with Gasteiger partial charge in [0.15, 0.2) is 0 Å². The van der Waals surface area contributed by atoms with Crippen LogP contribution in [-0.2, 0) is 0 Å². The first-order chi connectivity index (χ1) is 15.1. The number of rotatable bonds is 8. The van der Waals surface area contributed by atoms with Crippen LogP contribution < -0.4 is 10.1 Å². The number of anilines is 1. The number of nitrogens with one attached hydrogen (secondary N) is 1. The molecular weight excluding hydrogens is 388 g/mol. The first-order valence-corrected chi connectivity index (χ1v) is 11.7. The van der Waals surface area contributed by atoms with Crippen molar-refractivity contribution in [1.82, 2.24) is 19.8 Å². The summed E-state index contributed by atoms with van der Waals surface area (Å²) in [7, 11) is 0. The highest BCUT2D eigenvalue weighted by atomic mass is 16.5. The van der Waals surface area contributed by atoms with Gasteiger partial charge in [-0.2, -0.15) is 5.26 Å². The lowest BCUT2D eigenvalue weighted by Crippen LogP contribution is -2.49. The van der Waals surface area contributed by atoms with Gasteiger partial charge >= 0.3 is 0 Å². The highest BCUT2D eigenvalue weighted by Gasteiger charge is 2.19. The standard InChI is InChI=1S/C24H34N6O/c1-18(2)30-13-11-29(12-14-30)10-5-15-31-20-8-9-22-21(16-20)24(28-23(17-25)27-22)26-19-6-3-4-7-19/h8-9,16,18-19H,3-7,10-15H2,1-2H3,(H,26,27,28). The number of hydrogen-bond donors (Lipinski definition) is 1. The van der Waals surface area contributed by atoms with Crippen molar-refractivity contribution in [1.29, 1.82) is 5.26 Å².